The minimum absolute atomic E-state index is 0. The predicted octanol–water partition coefficient (Wildman–Crippen LogP) is 12.7. The average molecular weight is 987 g/mol. The van der Waals surface area contributed by atoms with Gasteiger partial charge in [-0.2, -0.15) is 0 Å². The Morgan fingerprint density at radius 2 is 1.59 bits per heavy atom. The fourth-order valence-electron chi connectivity index (χ4n) is 7.08. The van der Waals surface area contributed by atoms with E-state index >= 15 is 0 Å². The summed E-state index contributed by atoms with van der Waals surface area (Å²) in [6.07, 6.45) is 2.02. The first kappa shape index (κ1) is 36.7. The summed E-state index contributed by atoms with van der Waals surface area (Å²) in [5.74, 6) is 7.33. The summed E-state index contributed by atoms with van der Waals surface area (Å²) in [4.78, 5) is 14.3. The topological polar surface area (TPSA) is 56.7 Å². The fourth-order valence-corrected chi connectivity index (χ4v) is 10.3. The summed E-state index contributed by atoms with van der Waals surface area (Å²) in [5, 5.41) is 4.55. The molecule has 5 aromatic carbocycles. The Morgan fingerprint density at radius 1 is 0.786 bits per heavy atom. The van der Waals surface area contributed by atoms with E-state index in [9.17, 15) is 0 Å². The maximum atomic E-state index is 8.02. The van der Waals surface area contributed by atoms with E-state index < -0.39 is 19.2 Å². The van der Waals surface area contributed by atoms with E-state index in [1.165, 1.54) is 24.6 Å². The van der Waals surface area contributed by atoms with E-state index in [-0.39, 0.29) is 20.1 Å². The first-order valence-corrected chi connectivity index (χ1v) is 26.7. The van der Waals surface area contributed by atoms with Gasteiger partial charge >= 0.3 is 120 Å². The van der Waals surface area contributed by atoms with E-state index in [2.05, 4.69) is 123 Å². The number of rotatable bonds is 5. The molecule has 10 rings (SSSR count). The molecule has 5 aromatic heterocycles. The van der Waals surface area contributed by atoms with Crippen LogP contribution in [0.25, 0.3) is 81.6 Å². The number of thiophene rings is 1. The monoisotopic (exact) mass is 988 g/mol. The standard InChI is InChI=1S/C31H18N3OS.C17H22GeN.Ir/c1-18-13-15-22-21-8-6-9-23(29(21)35-31(22)32-18)30-33-25-10-3-4-11-26(25)34(30)19-14-16-28-24(17-19)20-7-2-5-12-27(20)36-28;1-13(2)14-6-8-15(9-7-14)17-11-10-16(12-19-17)18(3,4)5;/h2-8,10-17H,1H3;6-8,10-13H,1-5H3;/q2*-1;/i;13D;. The van der Waals surface area contributed by atoms with Crippen LogP contribution >= 0.6 is 11.3 Å². The van der Waals surface area contributed by atoms with Crippen molar-refractivity contribution in [3.05, 3.63) is 151 Å². The molecule has 279 valence electrons. The Morgan fingerprint density at radius 3 is 2.36 bits per heavy atom. The molecule has 0 atom stereocenters. The zero-order valence-corrected chi connectivity index (χ0v) is 37.4. The SMILES string of the molecule is Cc1ccc2c(n1)oc1c(-c3nc4ccccc4n3-c3ccc4sc5ccccc5c4c3)[c-]ccc12.[2H]C(C)(C)c1c[c-]c(-c2cc[c]([Ge]([CH3])([CH3])[CH3])cn2)cc1.[Ir]. The van der Waals surface area contributed by atoms with Gasteiger partial charge in [0.2, 0.25) is 5.71 Å². The summed E-state index contributed by atoms with van der Waals surface area (Å²) >= 11 is 0.0429. The molecule has 0 amide bonds. The van der Waals surface area contributed by atoms with Crippen LogP contribution < -0.4 is 4.40 Å². The van der Waals surface area contributed by atoms with Crippen LogP contribution in [0.3, 0.4) is 0 Å². The van der Waals surface area contributed by atoms with Gasteiger partial charge in [-0.05, 0) is 55.5 Å². The van der Waals surface area contributed by atoms with E-state index in [0.717, 1.165) is 67.0 Å². The van der Waals surface area contributed by atoms with Gasteiger partial charge in [0.15, 0.2) is 0 Å². The van der Waals surface area contributed by atoms with Crippen molar-refractivity contribution in [2.24, 2.45) is 0 Å². The van der Waals surface area contributed by atoms with Crippen LogP contribution in [0.2, 0.25) is 17.3 Å². The number of fused-ring (bicyclic) bond motifs is 7. The minimum atomic E-state index is -1.78. The number of imidazole rings is 1. The third kappa shape index (κ3) is 7.03. The third-order valence-electron chi connectivity index (χ3n) is 10.1. The Hall–Kier alpha value is -4.92. The third-order valence-corrected chi connectivity index (χ3v) is 15.5. The van der Waals surface area contributed by atoms with E-state index in [1.807, 2.05) is 80.8 Å². The number of hydrogen-bond acceptors (Lipinski definition) is 5. The minimum Gasteiger partial charge on any atom is 0 e. The molecule has 10 aromatic rings. The summed E-state index contributed by atoms with van der Waals surface area (Å²) in [7, 11) is 0. The van der Waals surface area contributed by atoms with Gasteiger partial charge in [0.05, 0.1) is 22.4 Å². The Labute approximate surface area is 348 Å². The molecular weight excluding hydrogens is 945 g/mol. The van der Waals surface area contributed by atoms with E-state index in [0.29, 0.717) is 5.71 Å². The maximum Gasteiger partial charge on any atom is 0 e. The van der Waals surface area contributed by atoms with Crippen molar-refractivity contribution in [2.75, 3.05) is 0 Å². The first-order chi connectivity index (χ1) is 26.9. The molecule has 0 saturated heterocycles. The molecule has 0 spiro atoms. The smallest absolute Gasteiger partial charge is 0 e. The van der Waals surface area contributed by atoms with E-state index in [4.69, 9.17) is 10.8 Å². The van der Waals surface area contributed by atoms with Crippen molar-refractivity contribution >= 4 is 82.3 Å². The second-order valence-corrected chi connectivity index (χ2v) is 27.0. The van der Waals surface area contributed by atoms with Crippen molar-refractivity contribution < 1.29 is 25.9 Å². The Kier molecular flexibility index (Phi) is 9.97. The van der Waals surface area contributed by atoms with Gasteiger partial charge in [0, 0.05) is 57.0 Å². The van der Waals surface area contributed by atoms with Crippen molar-refractivity contribution in [3.63, 3.8) is 0 Å². The summed E-state index contributed by atoms with van der Waals surface area (Å²) < 4.78 is 20.5. The molecule has 0 aliphatic heterocycles. The number of pyridine rings is 2. The van der Waals surface area contributed by atoms with Gasteiger partial charge in [-0.3, -0.25) is 4.98 Å². The molecule has 0 aliphatic rings. The van der Waals surface area contributed by atoms with Gasteiger partial charge in [-0.1, -0.05) is 41.3 Å². The van der Waals surface area contributed by atoms with Gasteiger partial charge < -0.3 is 8.98 Å². The average Bonchev–Trinajstić information content (AvgIpc) is 3.88. The molecule has 0 N–H and O–H groups in total. The second-order valence-electron chi connectivity index (χ2n) is 15.2. The van der Waals surface area contributed by atoms with Crippen molar-refractivity contribution in [3.8, 4) is 28.3 Å². The molecule has 5 nitrogen and oxygen atoms in total. The van der Waals surface area contributed by atoms with Crippen LogP contribution in [0, 0.1) is 19.1 Å². The van der Waals surface area contributed by atoms with Crippen LogP contribution in [0.15, 0.2) is 132 Å². The van der Waals surface area contributed by atoms with Gasteiger partial charge in [0.25, 0.3) is 0 Å². The van der Waals surface area contributed by atoms with Crippen LogP contribution in [0.1, 0.15) is 32.4 Å². The fraction of sp³-hybridized carbons (Fsp3) is 0.146. The van der Waals surface area contributed by atoms with Crippen LogP contribution in [-0.4, -0.2) is 32.8 Å². The Bertz CT molecular complexity index is 3010. The summed E-state index contributed by atoms with van der Waals surface area (Å²) in [5.41, 5.74) is 9.10. The number of hydrogen-bond donors (Lipinski definition) is 0. The molecule has 0 aliphatic carbocycles. The number of furan rings is 1. The van der Waals surface area contributed by atoms with Gasteiger partial charge in [0.1, 0.15) is 0 Å². The zero-order chi connectivity index (χ0) is 38.8. The van der Waals surface area contributed by atoms with E-state index in [1.54, 1.807) is 0 Å². The molecule has 0 saturated carbocycles. The van der Waals surface area contributed by atoms with Gasteiger partial charge in [-0.25, -0.2) is 4.98 Å². The molecule has 56 heavy (non-hydrogen) atoms. The summed E-state index contributed by atoms with van der Waals surface area (Å²) in [6.45, 7) is 5.75. The number of aryl methyl sites for hydroxylation is 1. The van der Waals surface area contributed by atoms with Crippen molar-refractivity contribution in [2.45, 2.75) is 43.9 Å². The molecular formula is C48H40GeIrN4OS-2. The number of para-hydroxylation sites is 2. The van der Waals surface area contributed by atoms with Gasteiger partial charge in [-0.15, -0.1) is 29.5 Å². The second kappa shape index (κ2) is 15.2. The molecule has 1 radical (unpaired) electrons. The quantitative estimate of drug-likeness (QED) is 0.127. The number of aromatic nitrogens is 4. The largest absolute Gasteiger partial charge is 0 e. The van der Waals surface area contributed by atoms with Crippen LogP contribution in [0.5, 0.6) is 0 Å². The number of benzene rings is 5. The Balaban J connectivity index is 0.000000186. The molecule has 5 heterocycles. The predicted molar refractivity (Wildman–Crippen MR) is 234 cm³/mol. The number of nitrogens with zero attached hydrogens (tertiary/aromatic N) is 4. The zero-order valence-electron chi connectivity index (χ0n) is 33.1. The molecule has 8 heteroatoms. The van der Waals surface area contributed by atoms with Crippen LogP contribution in [0.4, 0.5) is 0 Å². The molecule has 0 unspecified atom stereocenters. The van der Waals surface area contributed by atoms with Crippen molar-refractivity contribution in [1.29, 1.82) is 0 Å². The van der Waals surface area contributed by atoms with Crippen LogP contribution in [-0.2, 0) is 20.1 Å². The van der Waals surface area contributed by atoms with Crippen molar-refractivity contribution in [1.82, 2.24) is 19.5 Å². The first-order valence-electron chi connectivity index (χ1n) is 19.0. The summed E-state index contributed by atoms with van der Waals surface area (Å²) in [6, 6.07) is 48.5. The molecule has 0 bridgehead atoms. The molecule has 0 fully saturated rings. The normalized spacial score (nSPS) is 12.2. The maximum absolute atomic E-state index is 8.02.